The molecule has 0 fully saturated rings. The molecule has 2 aromatic carbocycles. The monoisotopic (exact) mass is 499 g/mol. The number of pyridine rings is 1. The van der Waals surface area contributed by atoms with Crippen LogP contribution in [0.2, 0.25) is 0 Å². The van der Waals surface area contributed by atoms with E-state index in [9.17, 15) is 4.79 Å². The maximum Gasteiger partial charge on any atom is 0.307 e. The van der Waals surface area contributed by atoms with Gasteiger partial charge < -0.3 is 19.4 Å². The van der Waals surface area contributed by atoms with Crippen LogP contribution >= 0.6 is 0 Å². The standard InChI is InChI=1S/C30H37N5O2/c1-33(2)20-10-5-11-21-34(3)30-32-27-14-7-6-12-25(27)28(22-29(36)37-4)35(30)24-17-15-23(16-18-24)26-13-8-9-19-31-26/h6-9,12-19,28H,5,10-11,20-22H2,1-4H3. The molecule has 1 atom stereocenters. The van der Waals surface area contributed by atoms with Crippen LogP contribution in [0.4, 0.5) is 11.4 Å². The summed E-state index contributed by atoms with van der Waals surface area (Å²) in [5.41, 5.74) is 4.85. The fraction of sp³-hybridized carbons (Fsp3) is 0.367. The molecule has 1 aliphatic heterocycles. The van der Waals surface area contributed by atoms with E-state index < -0.39 is 0 Å². The van der Waals surface area contributed by atoms with Gasteiger partial charge in [-0.25, -0.2) is 4.99 Å². The molecule has 0 N–H and O–H groups in total. The molecular formula is C30H37N5O2. The Morgan fingerprint density at radius 2 is 1.65 bits per heavy atom. The number of aliphatic imine (C=N–C) groups is 1. The van der Waals surface area contributed by atoms with E-state index in [-0.39, 0.29) is 18.4 Å². The highest BCUT2D eigenvalue weighted by molar-refractivity contribution is 6.01. The molecule has 1 unspecified atom stereocenters. The fourth-order valence-electron chi connectivity index (χ4n) is 4.70. The van der Waals surface area contributed by atoms with Crippen molar-refractivity contribution in [1.29, 1.82) is 0 Å². The smallest absolute Gasteiger partial charge is 0.307 e. The lowest BCUT2D eigenvalue weighted by Gasteiger charge is -2.41. The van der Waals surface area contributed by atoms with Crippen LogP contribution < -0.4 is 4.90 Å². The quantitative estimate of drug-likeness (QED) is 0.270. The number of para-hydroxylation sites is 1. The molecular weight excluding hydrogens is 462 g/mol. The van der Waals surface area contributed by atoms with E-state index in [4.69, 9.17) is 9.73 Å². The van der Waals surface area contributed by atoms with Crippen LogP contribution in [0.15, 0.2) is 77.9 Å². The molecule has 4 rings (SSSR count). The molecule has 0 saturated carbocycles. The normalized spacial score (nSPS) is 14.8. The van der Waals surface area contributed by atoms with E-state index >= 15 is 0 Å². The van der Waals surface area contributed by atoms with Crippen LogP contribution in [0.3, 0.4) is 0 Å². The maximum absolute atomic E-state index is 12.6. The number of benzene rings is 2. The first kappa shape index (κ1) is 26.4. The van der Waals surface area contributed by atoms with Gasteiger partial charge in [-0.05, 0) is 63.8 Å². The van der Waals surface area contributed by atoms with E-state index in [1.807, 2.05) is 36.4 Å². The molecule has 7 heteroatoms. The Kier molecular flexibility index (Phi) is 8.90. The number of carbonyl (C=O) groups is 1. The molecule has 194 valence electrons. The molecule has 2 heterocycles. The van der Waals surface area contributed by atoms with Gasteiger partial charge >= 0.3 is 5.97 Å². The third-order valence-corrected chi connectivity index (χ3v) is 6.68. The zero-order valence-corrected chi connectivity index (χ0v) is 22.3. The number of unbranched alkanes of at least 4 members (excludes halogenated alkanes) is 2. The van der Waals surface area contributed by atoms with Gasteiger partial charge in [-0.3, -0.25) is 9.78 Å². The van der Waals surface area contributed by atoms with Crippen molar-refractivity contribution in [3.8, 4) is 11.3 Å². The van der Waals surface area contributed by atoms with E-state index in [1.165, 1.54) is 13.5 Å². The van der Waals surface area contributed by atoms with Gasteiger partial charge in [-0.15, -0.1) is 0 Å². The molecule has 0 spiro atoms. The number of fused-ring (bicyclic) bond motifs is 1. The van der Waals surface area contributed by atoms with E-state index in [1.54, 1.807) is 6.20 Å². The van der Waals surface area contributed by atoms with Crippen molar-refractivity contribution < 1.29 is 9.53 Å². The summed E-state index contributed by atoms with van der Waals surface area (Å²) in [5, 5.41) is 0. The number of hydrogen-bond donors (Lipinski definition) is 0. The lowest BCUT2D eigenvalue weighted by Crippen LogP contribution is -2.47. The van der Waals surface area contributed by atoms with Crippen molar-refractivity contribution in [3.63, 3.8) is 0 Å². The van der Waals surface area contributed by atoms with Crippen molar-refractivity contribution in [3.05, 3.63) is 78.5 Å². The van der Waals surface area contributed by atoms with Gasteiger partial charge in [0.15, 0.2) is 0 Å². The molecule has 0 radical (unpaired) electrons. The van der Waals surface area contributed by atoms with Crippen molar-refractivity contribution in [2.24, 2.45) is 4.99 Å². The highest BCUT2D eigenvalue weighted by Gasteiger charge is 2.34. The summed E-state index contributed by atoms with van der Waals surface area (Å²) in [6.45, 7) is 1.97. The molecule has 37 heavy (non-hydrogen) atoms. The van der Waals surface area contributed by atoms with E-state index in [2.05, 4.69) is 71.2 Å². The summed E-state index contributed by atoms with van der Waals surface area (Å²) in [6, 6.07) is 22.1. The number of nitrogens with zero attached hydrogens (tertiary/aromatic N) is 5. The topological polar surface area (TPSA) is 61.3 Å². The predicted octanol–water partition coefficient (Wildman–Crippen LogP) is 5.52. The van der Waals surface area contributed by atoms with Crippen molar-refractivity contribution >= 4 is 23.3 Å². The van der Waals surface area contributed by atoms with Crippen LogP contribution in [0.25, 0.3) is 11.3 Å². The van der Waals surface area contributed by atoms with Crippen molar-refractivity contribution in [1.82, 2.24) is 14.8 Å². The first-order valence-electron chi connectivity index (χ1n) is 12.9. The minimum atomic E-state index is -0.248. The van der Waals surface area contributed by atoms with E-state index in [0.717, 1.165) is 60.1 Å². The molecule has 7 nitrogen and oxygen atoms in total. The number of carbonyl (C=O) groups excluding carboxylic acids is 1. The summed E-state index contributed by atoms with van der Waals surface area (Å²) >= 11 is 0. The molecule has 0 aliphatic carbocycles. The Balaban J connectivity index is 1.67. The molecule has 0 amide bonds. The number of hydrogen-bond acceptors (Lipinski definition) is 7. The van der Waals surface area contributed by atoms with Crippen LogP contribution in [0, 0.1) is 0 Å². The number of anilines is 1. The first-order chi connectivity index (χ1) is 18.0. The van der Waals surface area contributed by atoms with Gasteiger partial charge in [-0.2, -0.15) is 0 Å². The van der Waals surface area contributed by atoms with Gasteiger partial charge in [0.1, 0.15) is 0 Å². The summed E-state index contributed by atoms with van der Waals surface area (Å²) in [4.78, 5) is 28.8. The average Bonchev–Trinajstić information content (AvgIpc) is 2.93. The minimum absolute atomic E-state index is 0.227. The SMILES string of the molecule is COC(=O)CC1c2ccccc2N=C(N(C)CCCCCN(C)C)N1c1ccc(-c2ccccn2)cc1. The fourth-order valence-corrected chi connectivity index (χ4v) is 4.70. The van der Waals surface area contributed by atoms with Gasteiger partial charge in [0.05, 0.1) is 31.0 Å². The lowest BCUT2D eigenvalue weighted by atomic mass is 9.97. The Labute approximate surface area is 220 Å². The highest BCUT2D eigenvalue weighted by Crippen LogP contribution is 2.40. The number of guanidine groups is 1. The Hall–Kier alpha value is -3.71. The third-order valence-electron chi connectivity index (χ3n) is 6.68. The van der Waals surface area contributed by atoms with Crippen molar-refractivity contribution in [2.45, 2.75) is 31.7 Å². The van der Waals surface area contributed by atoms with Crippen LogP contribution in [0.1, 0.15) is 37.3 Å². The molecule has 0 saturated heterocycles. The van der Waals surface area contributed by atoms with Gasteiger partial charge in [-0.1, -0.05) is 42.8 Å². The largest absolute Gasteiger partial charge is 0.469 e. The number of ether oxygens (including phenoxy) is 1. The van der Waals surface area contributed by atoms with Crippen LogP contribution in [-0.2, 0) is 9.53 Å². The highest BCUT2D eigenvalue weighted by atomic mass is 16.5. The first-order valence-corrected chi connectivity index (χ1v) is 12.9. The molecule has 3 aromatic rings. The lowest BCUT2D eigenvalue weighted by molar-refractivity contribution is -0.141. The average molecular weight is 500 g/mol. The number of methoxy groups -OCH3 is 1. The Morgan fingerprint density at radius 3 is 2.35 bits per heavy atom. The predicted molar refractivity (Wildman–Crippen MR) is 150 cm³/mol. The minimum Gasteiger partial charge on any atom is -0.469 e. The van der Waals surface area contributed by atoms with Gasteiger partial charge in [0.2, 0.25) is 5.96 Å². The molecule has 0 bridgehead atoms. The third kappa shape index (κ3) is 6.54. The number of aromatic nitrogens is 1. The Bertz CT molecular complexity index is 1190. The second kappa shape index (κ2) is 12.5. The zero-order chi connectivity index (χ0) is 26.2. The van der Waals surface area contributed by atoms with E-state index in [0.29, 0.717) is 0 Å². The summed E-state index contributed by atoms with van der Waals surface area (Å²) in [7, 11) is 7.75. The number of esters is 1. The second-order valence-electron chi connectivity index (χ2n) is 9.68. The van der Waals surface area contributed by atoms with Crippen LogP contribution in [-0.4, -0.2) is 68.1 Å². The maximum atomic E-state index is 12.6. The Morgan fingerprint density at radius 1 is 0.919 bits per heavy atom. The molecule has 1 aromatic heterocycles. The zero-order valence-electron chi connectivity index (χ0n) is 22.3. The summed E-state index contributed by atoms with van der Waals surface area (Å²) in [6.07, 6.45) is 5.41. The van der Waals surface area contributed by atoms with Crippen molar-refractivity contribution in [2.75, 3.05) is 46.2 Å². The number of rotatable bonds is 10. The summed E-state index contributed by atoms with van der Waals surface area (Å²) < 4.78 is 5.10. The van der Waals surface area contributed by atoms with Gasteiger partial charge in [0, 0.05) is 36.6 Å². The van der Waals surface area contributed by atoms with Crippen LogP contribution in [0.5, 0.6) is 0 Å². The summed E-state index contributed by atoms with van der Waals surface area (Å²) in [5.74, 6) is 0.591. The van der Waals surface area contributed by atoms with Gasteiger partial charge in [0.25, 0.3) is 0 Å². The molecule has 1 aliphatic rings. The second-order valence-corrected chi connectivity index (χ2v) is 9.68.